The number of rotatable bonds is 8. The summed E-state index contributed by atoms with van der Waals surface area (Å²) in [5.41, 5.74) is 4.77. The summed E-state index contributed by atoms with van der Waals surface area (Å²) in [4.78, 5) is 26.0. The van der Waals surface area contributed by atoms with Gasteiger partial charge in [-0.25, -0.2) is 4.79 Å². The molecule has 180 valence electrons. The number of para-hydroxylation sites is 1. The highest BCUT2D eigenvalue weighted by molar-refractivity contribution is 8.76. The second-order valence-corrected chi connectivity index (χ2v) is 11.3. The number of alkyl carbamates (subject to hydrolysis) is 1. The molecule has 3 aromatic rings. The molecule has 0 spiro atoms. The fraction of sp³-hybridized carbons (Fsp3) is 0.286. The maximum absolute atomic E-state index is 12.6. The maximum Gasteiger partial charge on any atom is 0.407 e. The van der Waals surface area contributed by atoms with E-state index in [2.05, 4.69) is 36.5 Å². The lowest BCUT2D eigenvalue weighted by molar-refractivity contribution is -0.142. The van der Waals surface area contributed by atoms with Crippen molar-refractivity contribution in [2.24, 2.45) is 5.92 Å². The number of carbonyl (C=O) groups excluding carboxylic acids is 2. The van der Waals surface area contributed by atoms with Gasteiger partial charge in [-0.15, -0.1) is 0 Å². The zero-order valence-corrected chi connectivity index (χ0v) is 21.1. The van der Waals surface area contributed by atoms with Crippen LogP contribution in [0.4, 0.5) is 4.79 Å². The van der Waals surface area contributed by atoms with Crippen LogP contribution in [0.2, 0.25) is 0 Å². The van der Waals surface area contributed by atoms with Gasteiger partial charge in [0.2, 0.25) is 0 Å². The molecule has 0 heterocycles. The molecule has 0 atom stereocenters. The molecule has 2 aliphatic carbocycles. The number of carbonyl (C=O) groups is 2. The molecule has 1 amide bonds. The molecule has 1 fully saturated rings. The minimum atomic E-state index is -0.443. The van der Waals surface area contributed by atoms with E-state index in [4.69, 9.17) is 9.47 Å². The normalized spacial score (nSPS) is 18.2. The van der Waals surface area contributed by atoms with Gasteiger partial charge in [-0.05, 0) is 47.2 Å². The van der Waals surface area contributed by atoms with Crippen molar-refractivity contribution in [1.82, 2.24) is 5.32 Å². The minimum Gasteiger partial charge on any atom is -0.449 e. The summed E-state index contributed by atoms with van der Waals surface area (Å²) >= 11 is 0. The zero-order valence-electron chi connectivity index (χ0n) is 19.4. The Morgan fingerprint density at radius 2 is 1.54 bits per heavy atom. The molecule has 35 heavy (non-hydrogen) atoms. The number of hydrogen-bond acceptors (Lipinski definition) is 6. The highest BCUT2D eigenvalue weighted by Crippen LogP contribution is 2.44. The van der Waals surface area contributed by atoms with Crippen LogP contribution in [0.15, 0.2) is 77.7 Å². The summed E-state index contributed by atoms with van der Waals surface area (Å²) in [6.45, 7) is 2.37. The number of esters is 1. The van der Waals surface area contributed by atoms with Gasteiger partial charge in [-0.2, -0.15) is 0 Å². The molecule has 3 aromatic carbocycles. The number of amides is 1. The summed E-state index contributed by atoms with van der Waals surface area (Å²) in [5.74, 6) is 1.13. The molecule has 0 unspecified atom stereocenters. The summed E-state index contributed by atoms with van der Waals surface area (Å²) in [6.07, 6.45) is 0.673. The SMILES string of the molecule is CCSSc1ccccc1OC(=O)C1CC(NC(=O)OCC2c3ccccc3-c3ccccc32)C1. The Morgan fingerprint density at radius 3 is 2.23 bits per heavy atom. The predicted octanol–water partition coefficient (Wildman–Crippen LogP) is 6.67. The Labute approximate surface area is 213 Å². The quantitative estimate of drug-likeness (QED) is 0.210. The van der Waals surface area contributed by atoms with Crippen molar-refractivity contribution in [1.29, 1.82) is 0 Å². The molecular weight excluding hydrogens is 478 g/mol. The van der Waals surface area contributed by atoms with Crippen LogP contribution in [0.25, 0.3) is 11.1 Å². The average molecular weight is 506 g/mol. The van der Waals surface area contributed by atoms with Crippen molar-refractivity contribution in [3.8, 4) is 16.9 Å². The van der Waals surface area contributed by atoms with Gasteiger partial charge in [0.1, 0.15) is 12.4 Å². The summed E-state index contributed by atoms with van der Waals surface area (Å²) in [7, 11) is 3.32. The first kappa shape index (κ1) is 23.8. The van der Waals surface area contributed by atoms with E-state index in [1.807, 2.05) is 48.5 Å². The van der Waals surface area contributed by atoms with E-state index in [0.29, 0.717) is 18.6 Å². The van der Waals surface area contributed by atoms with Crippen LogP contribution in [0.1, 0.15) is 36.8 Å². The third-order valence-corrected chi connectivity index (χ3v) is 8.93. The fourth-order valence-electron chi connectivity index (χ4n) is 4.65. The van der Waals surface area contributed by atoms with Crippen LogP contribution in [0, 0.1) is 5.92 Å². The molecule has 1 N–H and O–H groups in total. The number of fused-ring (bicyclic) bond motifs is 3. The van der Waals surface area contributed by atoms with E-state index < -0.39 is 6.09 Å². The second-order valence-electron chi connectivity index (χ2n) is 8.69. The van der Waals surface area contributed by atoms with Crippen molar-refractivity contribution < 1.29 is 19.1 Å². The second kappa shape index (κ2) is 10.8. The molecule has 1 saturated carbocycles. The zero-order chi connectivity index (χ0) is 24.2. The van der Waals surface area contributed by atoms with Crippen LogP contribution >= 0.6 is 21.6 Å². The monoisotopic (exact) mass is 505 g/mol. The third kappa shape index (κ3) is 5.21. The molecule has 0 bridgehead atoms. The molecule has 0 saturated heterocycles. The predicted molar refractivity (Wildman–Crippen MR) is 141 cm³/mol. The molecule has 0 radical (unpaired) electrons. The summed E-state index contributed by atoms with van der Waals surface area (Å²) in [5, 5.41) is 2.90. The van der Waals surface area contributed by atoms with Crippen LogP contribution < -0.4 is 10.1 Å². The van der Waals surface area contributed by atoms with Crippen LogP contribution in [0.5, 0.6) is 5.75 Å². The lowest BCUT2D eigenvalue weighted by Crippen LogP contribution is -2.48. The molecular formula is C28H27NO4S2. The van der Waals surface area contributed by atoms with Crippen LogP contribution in [-0.4, -0.2) is 30.5 Å². The Kier molecular flexibility index (Phi) is 7.35. The topological polar surface area (TPSA) is 64.6 Å². The van der Waals surface area contributed by atoms with Gasteiger partial charge < -0.3 is 14.8 Å². The van der Waals surface area contributed by atoms with E-state index in [-0.39, 0.29) is 30.5 Å². The number of ether oxygens (including phenoxy) is 2. The average Bonchev–Trinajstić information content (AvgIpc) is 3.18. The van der Waals surface area contributed by atoms with Gasteiger partial charge >= 0.3 is 12.1 Å². The maximum atomic E-state index is 12.6. The number of hydrogen-bond donors (Lipinski definition) is 1. The Balaban J connectivity index is 1.10. The van der Waals surface area contributed by atoms with Gasteiger partial charge in [-0.3, -0.25) is 4.79 Å². The first-order valence-corrected chi connectivity index (χ1v) is 14.2. The van der Waals surface area contributed by atoms with Gasteiger partial charge in [0.15, 0.2) is 0 Å². The largest absolute Gasteiger partial charge is 0.449 e. The molecule has 7 heteroatoms. The van der Waals surface area contributed by atoms with E-state index in [1.165, 1.54) is 22.3 Å². The van der Waals surface area contributed by atoms with Crippen LogP contribution in [-0.2, 0) is 9.53 Å². The molecule has 5 rings (SSSR count). The molecule has 0 aromatic heterocycles. The van der Waals surface area contributed by atoms with Crippen molar-refractivity contribution in [3.63, 3.8) is 0 Å². The van der Waals surface area contributed by atoms with Gasteiger partial charge in [0.25, 0.3) is 0 Å². The molecule has 0 aliphatic heterocycles. The molecule has 2 aliphatic rings. The first-order valence-electron chi connectivity index (χ1n) is 11.9. The number of benzene rings is 3. The van der Waals surface area contributed by atoms with E-state index in [9.17, 15) is 9.59 Å². The fourth-order valence-corrected chi connectivity index (χ4v) is 6.37. The standard InChI is InChI=1S/C28H27NO4S2/c1-2-34-35-26-14-8-7-13-25(26)33-27(30)18-15-19(16-18)29-28(31)32-17-24-22-11-5-3-9-20(22)21-10-4-6-12-23(21)24/h3-14,18-19,24H,2,15-17H2,1H3,(H,29,31). The Hall–Kier alpha value is -2.90. The number of nitrogens with one attached hydrogen (secondary N) is 1. The summed E-state index contributed by atoms with van der Waals surface area (Å²) in [6, 6.07) is 24.0. The van der Waals surface area contributed by atoms with E-state index in [0.717, 1.165) is 10.6 Å². The summed E-state index contributed by atoms with van der Waals surface area (Å²) < 4.78 is 11.3. The van der Waals surface area contributed by atoms with E-state index >= 15 is 0 Å². The lowest BCUT2D eigenvalue weighted by atomic mass is 9.80. The van der Waals surface area contributed by atoms with Crippen molar-refractivity contribution in [2.75, 3.05) is 12.4 Å². The smallest absolute Gasteiger partial charge is 0.407 e. The minimum absolute atomic E-state index is 0.0288. The van der Waals surface area contributed by atoms with Crippen molar-refractivity contribution in [2.45, 2.75) is 36.6 Å². The highest BCUT2D eigenvalue weighted by Gasteiger charge is 2.37. The van der Waals surface area contributed by atoms with Crippen molar-refractivity contribution >= 4 is 33.7 Å². The van der Waals surface area contributed by atoms with Gasteiger partial charge in [0.05, 0.1) is 10.8 Å². The Morgan fingerprint density at radius 1 is 0.914 bits per heavy atom. The van der Waals surface area contributed by atoms with Crippen LogP contribution in [0.3, 0.4) is 0 Å². The third-order valence-electron chi connectivity index (χ3n) is 6.46. The van der Waals surface area contributed by atoms with Crippen molar-refractivity contribution in [3.05, 3.63) is 83.9 Å². The first-order chi connectivity index (χ1) is 17.1. The van der Waals surface area contributed by atoms with Gasteiger partial charge in [0, 0.05) is 17.7 Å². The Bertz CT molecular complexity index is 1180. The highest BCUT2D eigenvalue weighted by atomic mass is 33.1. The lowest BCUT2D eigenvalue weighted by Gasteiger charge is -2.33. The molecule has 5 nitrogen and oxygen atoms in total. The van der Waals surface area contributed by atoms with Gasteiger partial charge in [-0.1, -0.05) is 89.2 Å². The van der Waals surface area contributed by atoms with E-state index in [1.54, 1.807) is 21.6 Å².